The molecule has 0 fully saturated rings. The fraction of sp³-hybridized carbons (Fsp3) is 0.667. The van der Waals surface area contributed by atoms with Crippen molar-refractivity contribution in [3.05, 3.63) is 23.8 Å². The minimum Gasteiger partial charge on any atom is -0.396 e. The Morgan fingerprint density at radius 3 is 2.62 bits per heavy atom. The van der Waals surface area contributed by atoms with Crippen LogP contribution in [0.5, 0.6) is 0 Å². The Morgan fingerprint density at radius 1 is 1.38 bits per heavy atom. The second kappa shape index (κ2) is 6.55. The fourth-order valence-corrected chi connectivity index (χ4v) is 1.84. The van der Waals surface area contributed by atoms with Crippen LogP contribution in [-0.4, -0.2) is 27.7 Å². The van der Waals surface area contributed by atoms with Gasteiger partial charge in [0, 0.05) is 31.1 Å². The number of aliphatic hydroxyl groups excluding tert-OH is 1. The van der Waals surface area contributed by atoms with Crippen molar-refractivity contribution in [2.45, 2.75) is 45.7 Å². The molecule has 16 heavy (non-hydrogen) atoms. The molecule has 2 atom stereocenters. The maximum absolute atomic E-state index is 8.94. The lowest BCUT2D eigenvalue weighted by atomic mass is 10.1. The Bertz CT molecular complexity index is 317. The molecule has 4 nitrogen and oxygen atoms in total. The maximum Gasteiger partial charge on any atom is 0.0782 e. The van der Waals surface area contributed by atoms with Crippen LogP contribution in [0.1, 0.15) is 44.1 Å². The minimum absolute atomic E-state index is 0.171. The third-order valence-electron chi connectivity index (χ3n) is 2.79. The van der Waals surface area contributed by atoms with Crippen LogP contribution < -0.4 is 5.32 Å². The van der Waals surface area contributed by atoms with Crippen molar-refractivity contribution < 1.29 is 5.11 Å². The van der Waals surface area contributed by atoms with Crippen molar-refractivity contribution in [3.8, 4) is 0 Å². The number of aliphatic hydroxyl groups is 1. The summed E-state index contributed by atoms with van der Waals surface area (Å²) in [5.74, 6) is 0. The van der Waals surface area contributed by atoms with E-state index in [9.17, 15) is 0 Å². The van der Waals surface area contributed by atoms with Crippen LogP contribution in [0.15, 0.2) is 12.4 Å². The average molecular weight is 223 g/mol. The van der Waals surface area contributed by atoms with Gasteiger partial charge in [-0.1, -0.05) is 6.92 Å². The molecule has 90 valence electrons. The highest BCUT2D eigenvalue weighted by Crippen LogP contribution is 2.14. The Labute approximate surface area is 97.1 Å². The number of hydrogen-bond donors (Lipinski definition) is 2. The van der Waals surface area contributed by atoms with Crippen LogP contribution in [0.3, 0.4) is 0 Å². The first kappa shape index (κ1) is 13.1. The second-order valence-corrected chi connectivity index (χ2v) is 4.03. The van der Waals surface area contributed by atoms with Gasteiger partial charge in [-0.25, -0.2) is 0 Å². The molecule has 0 aliphatic rings. The molecule has 0 aliphatic carbocycles. The largest absolute Gasteiger partial charge is 0.396 e. The number of nitrogens with one attached hydrogen (secondary N) is 1. The predicted octanol–water partition coefficient (Wildman–Crippen LogP) is 1.60. The summed E-state index contributed by atoms with van der Waals surface area (Å²) in [6, 6.07) is 0.506. The van der Waals surface area contributed by atoms with Crippen molar-refractivity contribution in [2.75, 3.05) is 6.61 Å². The van der Waals surface area contributed by atoms with E-state index in [0.29, 0.717) is 6.04 Å². The predicted molar refractivity (Wildman–Crippen MR) is 64.1 cm³/mol. The van der Waals surface area contributed by atoms with E-state index in [0.717, 1.165) is 24.2 Å². The van der Waals surface area contributed by atoms with E-state index < -0.39 is 0 Å². The van der Waals surface area contributed by atoms with Crippen LogP contribution in [0, 0.1) is 6.92 Å². The second-order valence-electron chi connectivity index (χ2n) is 4.03. The first-order valence-corrected chi connectivity index (χ1v) is 5.83. The van der Waals surface area contributed by atoms with Gasteiger partial charge in [0.25, 0.3) is 0 Å². The first-order chi connectivity index (χ1) is 7.69. The zero-order chi connectivity index (χ0) is 12.0. The highest BCUT2D eigenvalue weighted by Gasteiger charge is 2.14. The number of aryl methyl sites for hydroxylation is 1. The molecule has 1 heterocycles. The molecule has 1 aromatic heterocycles. The summed E-state index contributed by atoms with van der Waals surface area (Å²) >= 11 is 0. The molecule has 0 aliphatic heterocycles. The van der Waals surface area contributed by atoms with Crippen LogP contribution in [0.25, 0.3) is 0 Å². The van der Waals surface area contributed by atoms with Gasteiger partial charge in [0.2, 0.25) is 0 Å². The van der Waals surface area contributed by atoms with Crippen LogP contribution in [-0.2, 0) is 0 Å². The summed E-state index contributed by atoms with van der Waals surface area (Å²) in [6.07, 6.45) is 5.20. The highest BCUT2D eigenvalue weighted by molar-refractivity contribution is 5.12. The summed E-state index contributed by atoms with van der Waals surface area (Å²) in [5.41, 5.74) is 1.94. The van der Waals surface area contributed by atoms with Crippen molar-refractivity contribution in [1.29, 1.82) is 0 Å². The maximum atomic E-state index is 8.94. The van der Waals surface area contributed by atoms with Gasteiger partial charge in [-0.05, 0) is 26.7 Å². The number of hydrogen-bond acceptors (Lipinski definition) is 4. The summed E-state index contributed by atoms with van der Waals surface area (Å²) in [4.78, 5) is 8.57. The van der Waals surface area contributed by atoms with Crippen LogP contribution in [0.2, 0.25) is 0 Å². The minimum atomic E-state index is 0.171. The SMILES string of the molecule is CCC(CCO)NC(C)c1nccnc1C. The Kier molecular flexibility index (Phi) is 5.35. The molecule has 0 saturated heterocycles. The van der Waals surface area contributed by atoms with Gasteiger partial charge in [-0.15, -0.1) is 0 Å². The van der Waals surface area contributed by atoms with Crippen LogP contribution in [0.4, 0.5) is 0 Å². The molecule has 1 rings (SSSR count). The lowest BCUT2D eigenvalue weighted by Gasteiger charge is -2.21. The zero-order valence-corrected chi connectivity index (χ0v) is 10.3. The van der Waals surface area contributed by atoms with Gasteiger partial charge in [0.1, 0.15) is 0 Å². The molecule has 4 heteroatoms. The Balaban J connectivity index is 2.64. The third kappa shape index (κ3) is 3.54. The van der Waals surface area contributed by atoms with E-state index in [1.807, 2.05) is 6.92 Å². The van der Waals surface area contributed by atoms with Gasteiger partial charge in [-0.2, -0.15) is 0 Å². The molecule has 0 radical (unpaired) electrons. The van der Waals surface area contributed by atoms with E-state index in [1.165, 1.54) is 0 Å². The number of aromatic nitrogens is 2. The van der Waals surface area contributed by atoms with Crippen molar-refractivity contribution >= 4 is 0 Å². The topological polar surface area (TPSA) is 58.0 Å². The average Bonchev–Trinajstić information content (AvgIpc) is 2.28. The number of nitrogens with zero attached hydrogens (tertiary/aromatic N) is 2. The standard InChI is InChI=1S/C12H21N3O/c1-4-11(5-8-16)15-10(3)12-9(2)13-6-7-14-12/h6-7,10-11,15-16H,4-5,8H2,1-3H3. The lowest BCUT2D eigenvalue weighted by Crippen LogP contribution is -2.32. The fourth-order valence-electron chi connectivity index (χ4n) is 1.84. The van der Waals surface area contributed by atoms with Gasteiger partial charge in [0.05, 0.1) is 11.4 Å². The molecule has 0 amide bonds. The number of rotatable bonds is 6. The van der Waals surface area contributed by atoms with Gasteiger partial charge < -0.3 is 10.4 Å². The monoisotopic (exact) mass is 223 g/mol. The summed E-state index contributed by atoms with van der Waals surface area (Å²) in [5, 5.41) is 12.4. The molecule has 2 N–H and O–H groups in total. The zero-order valence-electron chi connectivity index (χ0n) is 10.3. The first-order valence-electron chi connectivity index (χ1n) is 5.83. The molecule has 0 spiro atoms. The molecule has 2 unspecified atom stereocenters. The smallest absolute Gasteiger partial charge is 0.0782 e. The van der Waals surface area contributed by atoms with Crippen molar-refractivity contribution in [3.63, 3.8) is 0 Å². The van der Waals surface area contributed by atoms with Gasteiger partial charge in [-0.3, -0.25) is 9.97 Å². The normalized spacial score (nSPS) is 14.8. The summed E-state index contributed by atoms with van der Waals surface area (Å²) in [6.45, 7) is 6.38. The molecular weight excluding hydrogens is 202 g/mol. The van der Waals surface area contributed by atoms with Crippen molar-refractivity contribution in [1.82, 2.24) is 15.3 Å². The quantitative estimate of drug-likeness (QED) is 0.769. The van der Waals surface area contributed by atoms with Gasteiger partial charge in [0.15, 0.2) is 0 Å². The Hall–Kier alpha value is -1.00. The molecule has 0 saturated carbocycles. The van der Waals surface area contributed by atoms with E-state index in [1.54, 1.807) is 12.4 Å². The third-order valence-corrected chi connectivity index (χ3v) is 2.79. The van der Waals surface area contributed by atoms with Crippen molar-refractivity contribution in [2.24, 2.45) is 0 Å². The molecule has 0 bridgehead atoms. The lowest BCUT2D eigenvalue weighted by molar-refractivity contribution is 0.256. The highest BCUT2D eigenvalue weighted by atomic mass is 16.3. The molecule has 1 aromatic rings. The van der Waals surface area contributed by atoms with E-state index in [2.05, 4.69) is 29.1 Å². The molecule has 0 aromatic carbocycles. The van der Waals surface area contributed by atoms with E-state index in [4.69, 9.17) is 5.11 Å². The van der Waals surface area contributed by atoms with E-state index >= 15 is 0 Å². The van der Waals surface area contributed by atoms with Crippen LogP contribution >= 0.6 is 0 Å². The summed E-state index contributed by atoms with van der Waals surface area (Å²) in [7, 11) is 0. The van der Waals surface area contributed by atoms with Gasteiger partial charge >= 0.3 is 0 Å². The molecular formula is C12H21N3O. The Morgan fingerprint density at radius 2 is 2.06 bits per heavy atom. The summed E-state index contributed by atoms with van der Waals surface area (Å²) < 4.78 is 0. The van der Waals surface area contributed by atoms with E-state index in [-0.39, 0.29) is 12.6 Å².